The molecule has 1 heterocycles. The number of likely N-dealkylation sites (N-methyl/N-ethyl adjacent to an activating group) is 1. The van der Waals surface area contributed by atoms with Crippen LogP contribution in [-0.2, 0) is 14.4 Å². The summed E-state index contributed by atoms with van der Waals surface area (Å²) in [5.74, 6) is -3.64. The van der Waals surface area contributed by atoms with Crippen LogP contribution in [0.4, 0.5) is 8.78 Å². The third kappa shape index (κ3) is 6.17. The summed E-state index contributed by atoms with van der Waals surface area (Å²) in [6, 6.07) is 2.98. The number of carbonyl (C=O) groups excluding carboxylic acids is 2. The molecular formula is C19H24F2N2O5. The van der Waals surface area contributed by atoms with Crippen LogP contribution in [0.2, 0.25) is 0 Å². The van der Waals surface area contributed by atoms with Crippen molar-refractivity contribution < 1.29 is 33.0 Å². The summed E-state index contributed by atoms with van der Waals surface area (Å²) >= 11 is 0. The van der Waals surface area contributed by atoms with Gasteiger partial charge < -0.3 is 19.6 Å². The maximum atomic E-state index is 13.4. The van der Waals surface area contributed by atoms with E-state index in [2.05, 4.69) is 0 Å². The largest absolute Gasteiger partial charge is 0.491 e. The summed E-state index contributed by atoms with van der Waals surface area (Å²) in [4.78, 5) is 38.3. The lowest BCUT2D eigenvalue weighted by Crippen LogP contribution is -2.46. The molecule has 1 fully saturated rings. The lowest BCUT2D eigenvalue weighted by molar-refractivity contribution is -0.147. The number of aliphatic carboxylic acids is 1. The van der Waals surface area contributed by atoms with Crippen molar-refractivity contribution in [3.63, 3.8) is 0 Å². The summed E-state index contributed by atoms with van der Waals surface area (Å²) < 4.78 is 31.5. The van der Waals surface area contributed by atoms with E-state index in [1.165, 1.54) is 22.9 Å². The number of carboxylic acids is 1. The van der Waals surface area contributed by atoms with Crippen molar-refractivity contribution in [2.45, 2.75) is 25.7 Å². The summed E-state index contributed by atoms with van der Waals surface area (Å²) in [5.41, 5.74) is 0. The zero-order valence-corrected chi connectivity index (χ0v) is 15.7. The van der Waals surface area contributed by atoms with Crippen molar-refractivity contribution in [2.24, 2.45) is 5.92 Å². The average molecular weight is 398 g/mol. The molecule has 1 saturated heterocycles. The van der Waals surface area contributed by atoms with Gasteiger partial charge in [0.25, 0.3) is 0 Å². The van der Waals surface area contributed by atoms with Crippen molar-refractivity contribution in [2.75, 3.05) is 33.3 Å². The normalized spacial score (nSPS) is 16.5. The van der Waals surface area contributed by atoms with Gasteiger partial charge in [-0.15, -0.1) is 0 Å². The molecule has 0 aliphatic carbocycles. The van der Waals surface area contributed by atoms with Crippen molar-refractivity contribution in [3.8, 4) is 5.75 Å². The molecule has 9 heteroatoms. The maximum absolute atomic E-state index is 13.4. The topological polar surface area (TPSA) is 87.2 Å². The minimum absolute atomic E-state index is 0.0719. The molecule has 1 aliphatic heterocycles. The van der Waals surface area contributed by atoms with E-state index >= 15 is 0 Å². The molecule has 0 bridgehead atoms. The first kappa shape index (κ1) is 21.6. The molecule has 28 heavy (non-hydrogen) atoms. The second-order valence-corrected chi connectivity index (χ2v) is 6.79. The molecule has 154 valence electrons. The highest BCUT2D eigenvalue weighted by Gasteiger charge is 2.28. The lowest BCUT2D eigenvalue weighted by Gasteiger charge is -2.32. The molecule has 1 aromatic carbocycles. The Balaban J connectivity index is 1.71. The molecular weight excluding hydrogens is 374 g/mol. The van der Waals surface area contributed by atoms with Gasteiger partial charge in [0.2, 0.25) is 11.8 Å². The Morgan fingerprint density at radius 2 is 2.07 bits per heavy atom. The van der Waals surface area contributed by atoms with Gasteiger partial charge in [-0.05, 0) is 31.4 Å². The van der Waals surface area contributed by atoms with E-state index in [9.17, 15) is 23.2 Å². The fraction of sp³-hybridized carbons (Fsp3) is 0.526. The zero-order chi connectivity index (χ0) is 20.7. The van der Waals surface area contributed by atoms with E-state index < -0.39 is 23.5 Å². The highest BCUT2D eigenvalue weighted by atomic mass is 19.1. The number of halogens is 2. The second kappa shape index (κ2) is 10.0. The van der Waals surface area contributed by atoms with Crippen LogP contribution < -0.4 is 4.74 Å². The van der Waals surface area contributed by atoms with Crippen molar-refractivity contribution >= 4 is 17.8 Å². The number of benzene rings is 1. The van der Waals surface area contributed by atoms with Crippen LogP contribution in [0.3, 0.4) is 0 Å². The number of amides is 2. The van der Waals surface area contributed by atoms with Crippen molar-refractivity contribution in [3.05, 3.63) is 29.8 Å². The van der Waals surface area contributed by atoms with E-state index in [0.717, 1.165) is 12.1 Å². The average Bonchev–Trinajstić information content (AvgIpc) is 2.66. The third-order valence-corrected chi connectivity index (χ3v) is 4.61. The predicted molar refractivity (Wildman–Crippen MR) is 95.7 cm³/mol. The van der Waals surface area contributed by atoms with Crippen LogP contribution in [0.15, 0.2) is 18.2 Å². The van der Waals surface area contributed by atoms with E-state index in [1.54, 1.807) is 0 Å². The summed E-state index contributed by atoms with van der Waals surface area (Å²) in [7, 11) is 1.50. The number of likely N-dealkylation sites (tertiary alicyclic amines) is 1. The van der Waals surface area contributed by atoms with Crippen LogP contribution in [-0.4, -0.2) is 66.0 Å². The Hall–Kier alpha value is -2.71. The van der Waals surface area contributed by atoms with Crippen LogP contribution in [0.25, 0.3) is 0 Å². The second-order valence-electron chi connectivity index (χ2n) is 6.79. The molecule has 0 radical (unpaired) electrons. The van der Waals surface area contributed by atoms with Gasteiger partial charge in [0.15, 0.2) is 11.6 Å². The number of carbonyl (C=O) groups is 3. The van der Waals surface area contributed by atoms with Gasteiger partial charge in [0, 0.05) is 32.6 Å². The molecule has 0 spiro atoms. The van der Waals surface area contributed by atoms with Crippen LogP contribution in [0.1, 0.15) is 25.7 Å². The maximum Gasteiger partial charge on any atom is 0.308 e. The Labute approximate surface area is 161 Å². The van der Waals surface area contributed by atoms with Crippen LogP contribution >= 0.6 is 0 Å². The zero-order valence-electron chi connectivity index (χ0n) is 15.7. The number of rotatable bonds is 8. The third-order valence-electron chi connectivity index (χ3n) is 4.61. The SMILES string of the molecule is CN(CC(=O)N1CCCC(C(=O)O)C1)C(=O)CCCOc1ccc(F)cc1F. The first-order valence-electron chi connectivity index (χ1n) is 9.10. The molecule has 2 amide bonds. The Morgan fingerprint density at radius 3 is 2.75 bits per heavy atom. The van der Waals surface area contributed by atoms with Gasteiger partial charge in [-0.3, -0.25) is 14.4 Å². The number of piperidine rings is 1. The van der Waals surface area contributed by atoms with Gasteiger partial charge in [-0.2, -0.15) is 0 Å². The summed E-state index contributed by atoms with van der Waals surface area (Å²) in [5, 5.41) is 9.09. The predicted octanol–water partition coefficient (Wildman–Crippen LogP) is 1.91. The molecule has 1 aliphatic rings. The number of ether oxygens (including phenoxy) is 1. The Bertz CT molecular complexity index is 728. The highest BCUT2D eigenvalue weighted by molar-refractivity contribution is 5.85. The van der Waals surface area contributed by atoms with E-state index in [1.807, 2.05) is 0 Å². The fourth-order valence-electron chi connectivity index (χ4n) is 2.98. The highest BCUT2D eigenvalue weighted by Crippen LogP contribution is 2.18. The molecule has 1 aromatic rings. The van der Waals surface area contributed by atoms with E-state index in [4.69, 9.17) is 9.84 Å². The lowest BCUT2D eigenvalue weighted by atomic mass is 9.98. The minimum atomic E-state index is -0.917. The molecule has 1 unspecified atom stereocenters. The Morgan fingerprint density at radius 1 is 1.32 bits per heavy atom. The minimum Gasteiger partial charge on any atom is -0.491 e. The first-order chi connectivity index (χ1) is 13.3. The van der Waals surface area contributed by atoms with E-state index in [0.29, 0.717) is 25.8 Å². The number of hydrogen-bond acceptors (Lipinski definition) is 4. The molecule has 0 aromatic heterocycles. The van der Waals surface area contributed by atoms with Crippen LogP contribution in [0.5, 0.6) is 5.75 Å². The van der Waals surface area contributed by atoms with Gasteiger partial charge >= 0.3 is 5.97 Å². The van der Waals surface area contributed by atoms with Gasteiger partial charge in [0.05, 0.1) is 19.1 Å². The van der Waals surface area contributed by atoms with E-state index in [-0.39, 0.29) is 43.7 Å². The Kier molecular flexibility index (Phi) is 7.71. The molecule has 1 N–H and O–H groups in total. The summed E-state index contributed by atoms with van der Waals surface area (Å²) in [6.07, 6.45) is 1.57. The van der Waals surface area contributed by atoms with Gasteiger partial charge in [0.1, 0.15) is 5.82 Å². The molecule has 2 rings (SSSR count). The van der Waals surface area contributed by atoms with Gasteiger partial charge in [-0.25, -0.2) is 8.78 Å². The van der Waals surface area contributed by atoms with Crippen LogP contribution in [0, 0.1) is 17.6 Å². The molecule has 7 nitrogen and oxygen atoms in total. The number of nitrogens with zero attached hydrogens (tertiary/aromatic N) is 2. The summed E-state index contributed by atoms with van der Waals surface area (Å²) in [6.45, 7) is 0.593. The number of carboxylic acid groups (broad SMARTS) is 1. The first-order valence-corrected chi connectivity index (χ1v) is 9.10. The van der Waals surface area contributed by atoms with Crippen molar-refractivity contribution in [1.82, 2.24) is 9.80 Å². The monoisotopic (exact) mass is 398 g/mol. The van der Waals surface area contributed by atoms with Crippen molar-refractivity contribution in [1.29, 1.82) is 0 Å². The quantitative estimate of drug-likeness (QED) is 0.676. The van der Waals surface area contributed by atoms with Gasteiger partial charge in [-0.1, -0.05) is 0 Å². The number of hydrogen-bond donors (Lipinski definition) is 1. The standard InChI is InChI=1S/C19H24F2N2O5/c1-22(12-18(25)23-8-2-4-13(11-23)19(26)27)17(24)5-3-9-28-16-7-6-14(20)10-15(16)21/h6-7,10,13H,2-5,8-9,11-12H2,1H3,(H,26,27). The molecule has 1 atom stereocenters. The molecule has 0 saturated carbocycles. The smallest absolute Gasteiger partial charge is 0.308 e. The fourth-order valence-corrected chi connectivity index (χ4v) is 2.98.